The SMILES string of the molecule is CCCCCC(CCCCC(=O)NCC(C)(C)CC[Si](OC)(OC)OC)OC(=O)NCC1(C)CC(N=C=O)CC(C)(C)C1. The Hall–Kier alpha value is -1.78. The molecule has 2 amide bonds. The molecule has 1 fully saturated rings. The van der Waals surface area contributed by atoms with E-state index in [1.54, 1.807) is 27.4 Å². The van der Waals surface area contributed by atoms with E-state index < -0.39 is 14.9 Å². The molecule has 0 radical (unpaired) electrons. The Bertz CT molecular complexity index is 882. The molecule has 11 heteroatoms. The summed E-state index contributed by atoms with van der Waals surface area (Å²) in [5.74, 6) is 0.0314. The summed E-state index contributed by atoms with van der Waals surface area (Å²) in [5.41, 5.74) is -0.268. The van der Waals surface area contributed by atoms with Gasteiger partial charge in [0.2, 0.25) is 12.0 Å². The molecular weight excluding hydrogens is 566 g/mol. The topological polar surface area (TPSA) is 125 Å². The standard InChI is InChI=1S/C32H61N3O7Si/c1-10-11-12-15-27(42-29(38)34-24-32(6)21-26(35-25-36)20-31(4,5)22-32)16-13-14-17-28(37)33-23-30(2,3)18-19-43(39-7,40-8)41-9/h26-27H,10-24H2,1-9H3,(H,33,37)(H,34,38). The smallest absolute Gasteiger partial charge is 0.446 e. The summed E-state index contributed by atoms with van der Waals surface area (Å²) >= 11 is 0. The van der Waals surface area contributed by atoms with Gasteiger partial charge in [0.05, 0.1) is 6.04 Å². The fourth-order valence-electron chi connectivity index (χ4n) is 6.46. The van der Waals surface area contributed by atoms with Crippen LogP contribution in [-0.2, 0) is 27.6 Å². The largest absolute Gasteiger partial charge is 0.500 e. The van der Waals surface area contributed by atoms with Gasteiger partial charge in [-0.2, -0.15) is 0 Å². The van der Waals surface area contributed by atoms with Crippen molar-refractivity contribution in [3.05, 3.63) is 0 Å². The van der Waals surface area contributed by atoms with Crippen LogP contribution < -0.4 is 10.6 Å². The van der Waals surface area contributed by atoms with Crippen LogP contribution in [0.25, 0.3) is 0 Å². The normalized spacial score (nSPS) is 21.0. The summed E-state index contributed by atoms with van der Waals surface area (Å²) in [6.07, 6.45) is 11.2. The summed E-state index contributed by atoms with van der Waals surface area (Å²) in [6.45, 7) is 13.9. The second-order valence-electron chi connectivity index (χ2n) is 14.3. The number of nitrogens with zero attached hydrogens (tertiary/aromatic N) is 1. The number of unbranched alkanes of at least 4 members (excludes halogenated alkanes) is 3. The lowest BCUT2D eigenvalue weighted by atomic mass is 9.63. The van der Waals surface area contributed by atoms with Crippen LogP contribution in [-0.4, -0.2) is 73.4 Å². The van der Waals surface area contributed by atoms with E-state index in [4.69, 9.17) is 18.0 Å². The number of hydrogen-bond acceptors (Lipinski definition) is 8. The lowest BCUT2D eigenvalue weighted by Crippen LogP contribution is -2.45. The van der Waals surface area contributed by atoms with Crippen molar-refractivity contribution in [2.24, 2.45) is 21.2 Å². The molecule has 0 aromatic rings. The molecular formula is C32H61N3O7Si. The zero-order valence-corrected chi connectivity index (χ0v) is 29.6. The molecule has 0 spiro atoms. The number of rotatable bonds is 21. The Morgan fingerprint density at radius 2 is 1.63 bits per heavy atom. The maximum Gasteiger partial charge on any atom is 0.500 e. The van der Waals surface area contributed by atoms with Gasteiger partial charge < -0.3 is 28.6 Å². The van der Waals surface area contributed by atoms with Crippen LogP contribution in [0.2, 0.25) is 6.04 Å². The number of aliphatic imine (C=N–C) groups is 1. The van der Waals surface area contributed by atoms with E-state index in [0.29, 0.717) is 25.6 Å². The summed E-state index contributed by atoms with van der Waals surface area (Å²) in [6, 6.07) is 0.607. The highest BCUT2D eigenvalue weighted by molar-refractivity contribution is 6.60. The lowest BCUT2D eigenvalue weighted by Gasteiger charge is -2.45. The molecule has 1 aliphatic rings. The number of nitrogens with one attached hydrogen (secondary N) is 2. The van der Waals surface area contributed by atoms with E-state index in [1.807, 2.05) is 0 Å². The monoisotopic (exact) mass is 627 g/mol. The molecule has 2 N–H and O–H groups in total. The molecule has 0 aliphatic heterocycles. The Labute approximate surface area is 262 Å². The van der Waals surface area contributed by atoms with Crippen molar-refractivity contribution in [2.45, 2.75) is 137 Å². The van der Waals surface area contributed by atoms with E-state index in [1.165, 1.54) is 0 Å². The van der Waals surface area contributed by atoms with Gasteiger partial charge in [-0.05, 0) is 74.0 Å². The summed E-state index contributed by atoms with van der Waals surface area (Å²) < 4.78 is 22.4. The van der Waals surface area contributed by atoms with Gasteiger partial charge in [0.1, 0.15) is 6.10 Å². The summed E-state index contributed by atoms with van der Waals surface area (Å²) in [4.78, 5) is 40.3. The molecule has 1 aliphatic carbocycles. The van der Waals surface area contributed by atoms with Gasteiger partial charge in [-0.1, -0.05) is 54.4 Å². The van der Waals surface area contributed by atoms with Crippen molar-refractivity contribution in [1.82, 2.24) is 10.6 Å². The highest BCUT2D eigenvalue weighted by Gasteiger charge is 2.42. The van der Waals surface area contributed by atoms with Crippen molar-refractivity contribution >= 4 is 26.9 Å². The number of hydrogen-bond donors (Lipinski definition) is 2. The van der Waals surface area contributed by atoms with Crippen LogP contribution in [0.3, 0.4) is 0 Å². The first-order chi connectivity index (χ1) is 20.2. The average Bonchev–Trinajstić information content (AvgIpc) is 2.93. The van der Waals surface area contributed by atoms with Gasteiger partial charge in [0.25, 0.3) is 0 Å². The molecule has 10 nitrogen and oxygen atoms in total. The molecule has 0 heterocycles. The minimum atomic E-state index is -2.64. The van der Waals surface area contributed by atoms with Crippen molar-refractivity contribution in [3.63, 3.8) is 0 Å². The predicted octanol–water partition coefficient (Wildman–Crippen LogP) is 6.55. The molecule has 1 rings (SSSR count). The van der Waals surface area contributed by atoms with Crippen LogP contribution in [0.1, 0.15) is 119 Å². The minimum Gasteiger partial charge on any atom is -0.446 e. The van der Waals surface area contributed by atoms with Gasteiger partial charge >= 0.3 is 14.9 Å². The van der Waals surface area contributed by atoms with Crippen molar-refractivity contribution in [1.29, 1.82) is 0 Å². The second-order valence-corrected chi connectivity index (χ2v) is 17.4. The molecule has 0 bridgehead atoms. The molecule has 0 aromatic heterocycles. The van der Waals surface area contributed by atoms with Crippen molar-refractivity contribution in [3.8, 4) is 0 Å². The van der Waals surface area contributed by atoms with Crippen LogP contribution in [0.15, 0.2) is 4.99 Å². The van der Waals surface area contributed by atoms with Gasteiger partial charge in [0, 0.05) is 46.9 Å². The third-order valence-electron chi connectivity index (χ3n) is 8.71. The van der Waals surface area contributed by atoms with Gasteiger partial charge in [-0.3, -0.25) is 4.79 Å². The van der Waals surface area contributed by atoms with E-state index in [0.717, 1.165) is 70.6 Å². The van der Waals surface area contributed by atoms with E-state index >= 15 is 0 Å². The third kappa shape index (κ3) is 15.7. The fraction of sp³-hybridized carbons (Fsp3) is 0.906. The van der Waals surface area contributed by atoms with Gasteiger partial charge in [-0.15, -0.1) is 0 Å². The maximum atomic E-state index is 12.8. The molecule has 3 atom stereocenters. The number of carbonyl (C=O) groups is 2. The second kappa shape index (κ2) is 18.9. The number of isocyanates is 1. The number of amides is 2. The molecule has 0 saturated heterocycles. The lowest BCUT2D eigenvalue weighted by molar-refractivity contribution is -0.121. The Kier molecular flexibility index (Phi) is 17.2. The first-order valence-corrected chi connectivity index (χ1v) is 18.0. The third-order valence-corrected chi connectivity index (χ3v) is 11.4. The molecule has 0 aromatic carbocycles. The Morgan fingerprint density at radius 3 is 2.21 bits per heavy atom. The summed E-state index contributed by atoms with van der Waals surface area (Å²) in [5, 5.41) is 6.07. The van der Waals surface area contributed by atoms with Crippen molar-refractivity contribution in [2.75, 3.05) is 34.4 Å². The quantitative estimate of drug-likeness (QED) is 0.0640. The predicted molar refractivity (Wildman–Crippen MR) is 172 cm³/mol. The Balaban J connectivity index is 2.51. The van der Waals surface area contributed by atoms with Crippen LogP contribution in [0.4, 0.5) is 4.79 Å². The Morgan fingerprint density at radius 1 is 1.00 bits per heavy atom. The van der Waals surface area contributed by atoms with Gasteiger partial charge in [-0.25, -0.2) is 14.6 Å². The highest BCUT2D eigenvalue weighted by Crippen LogP contribution is 2.46. The van der Waals surface area contributed by atoms with Gasteiger partial charge in [0.15, 0.2) is 0 Å². The molecule has 43 heavy (non-hydrogen) atoms. The van der Waals surface area contributed by atoms with E-state index in [-0.39, 0.29) is 34.3 Å². The maximum absolute atomic E-state index is 12.8. The van der Waals surface area contributed by atoms with Crippen LogP contribution in [0.5, 0.6) is 0 Å². The average molecular weight is 628 g/mol. The molecule has 1 saturated carbocycles. The number of carbonyl (C=O) groups excluding carboxylic acids is 3. The molecule has 250 valence electrons. The highest BCUT2D eigenvalue weighted by atomic mass is 28.4. The number of ether oxygens (including phenoxy) is 1. The fourth-order valence-corrected chi connectivity index (χ4v) is 8.56. The zero-order valence-electron chi connectivity index (χ0n) is 28.6. The summed E-state index contributed by atoms with van der Waals surface area (Å²) in [7, 11) is 2.19. The first-order valence-electron chi connectivity index (χ1n) is 16.1. The van der Waals surface area contributed by atoms with Crippen molar-refractivity contribution < 1.29 is 32.4 Å². The number of alkyl carbamates (subject to hydrolysis) is 1. The van der Waals surface area contributed by atoms with Crippen LogP contribution in [0, 0.1) is 16.2 Å². The minimum absolute atomic E-state index is 0.0276. The van der Waals surface area contributed by atoms with E-state index in [9.17, 15) is 14.4 Å². The molecule has 3 unspecified atom stereocenters. The van der Waals surface area contributed by atoms with Crippen LogP contribution >= 0.6 is 0 Å². The van der Waals surface area contributed by atoms with E-state index in [2.05, 4.69) is 57.2 Å². The zero-order chi connectivity index (χ0) is 32.6. The first kappa shape index (κ1) is 39.2.